The van der Waals surface area contributed by atoms with Gasteiger partial charge < -0.3 is 14.2 Å². The molecular weight excluding hydrogens is 474 g/mol. The number of methoxy groups -OCH3 is 1. The first-order chi connectivity index (χ1) is 18.1. The zero-order valence-corrected chi connectivity index (χ0v) is 19.7. The summed E-state index contributed by atoms with van der Waals surface area (Å²) in [6, 6.07) is 17.9. The first-order valence-electron chi connectivity index (χ1n) is 11.9. The monoisotopic (exact) mass is 495 g/mol. The Balaban J connectivity index is 1.34. The molecule has 0 bridgehead atoms. The van der Waals surface area contributed by atoms with Gasteiger partial charge in [-0.1, -0.05) is 24.3 Å². The van der Waals surface area contributed by atoms with E-state index in [1.807, 2.05) is 24.3 Å². The van der Waals surface area contributed by atoms with Crippen molar-refractivity contribution < 1.29 is 28.6 Å². The minimum absolute atomic E-state index is 0.0796. The van der Waals surface area contributed by atoms with Gasteiger partial charge in [0.1, 0.15) is 11.8 Å². The van der Waals surface area contributed by atoms with Crippen LogP contribution in [0, 0.1) is 11.8 Å². The van der Waals surface area contributed by atoms with Crippen molar-refractivity contribution in [3.05, 3.63) is 83.4 Å². The Kier molecular flexibility index (Phi) is 4.63. The lowest BCUT2D eigenvalue weighted by molar-refractivity contribution is -0.124. The predicted octanol–water partition coefficient (Wildman–Crippen LogP) is 3.19. The maximum Gasteiger partial charge on any atom is 0.240 e. The lowest BCUT2D eigenvalue weighted by Gasteiger charge is -2.33. The molecule has 9 nitrogen and oxygen atoms in total. The molecule has 0 unspecified atom stereocenters. The van der Waals surface area contributed by atoms with E-state index in [1.54, 1.807) is 60.8 Å². The average Bonchev–Trinajstić information content (AvgIpc) is 3.61. The molecular formula is C28H21N3O6. The molecule has 7 rings (SSSR count). The fourth-order valence-corrected chi connectivity index (χ4v) is 5.87. The van der Waals surface area contributed by atoms with E-state index in [2.05, 4.69) is 5.10 Å². The van der Waals surface area contributed by atoms with Crippen molar-refractivity contribution in [1.29, 1.82) is 0 Å². The van der Waals surface area contributed by atoms with Crippen LogP contribution in [-0.2, 0) is 9.59 Å². The van der Waals surface area contributed by atoms with Crippen LogP contribution in [0.3, 0.4) is 0 Å². The van der Waals surface area contributed by atoms with E-state index in [9.17, 15) is 14.4 Å². The summed E-state index contributed by atoms with van der Waals surface area (Å²) >= 11 is 0. The van der Waals surface area contributed by atoms with Gasteiger partial charge in [-0.3, -0.25) is 19.4 Å². The van der Waals surface area contributed by atoms with Gasteiger partial charge in [0, 0.05) is 11.6 Å². The van der Waals surface area contributed by atoms with Crippen LogP contribution >= 0.6 is 0 Å². The summed E-state index contributed by atoms with van der Waals surface area (Å²) in [4.78, 5) is 43.1. The van der Waals surface area contributed by atoms with Crippen molar-refractivity contribution in [2.75, 3.05) is 18.8 Å². The highest BCUT2D eigenvalue weighted by Gasteiger charge is 2.65. The second-order valence-electron chi connectivity index (χ2n) is 9.34. The maximum atomic E-state index is 14.0. The van der Waals surface area contributed by atoms with Crippen molar-refractivity contribution in [1.82, 2.24) is 5.01 Å². The standard InChI is InChI=1S/C28H21N3O6/c1-35-18-9-6-15(7-10-18)26(32)25-23-22(24-19-5-3-2-4-16(19)13-29-31(24)25)27(33)30(28(23)34)17-8-11-20-21(12-17)37-14-36-20/h2-13,22-25H,14H2,1H3/t22-,23-,24+,25+/m0/s1. The Morgan fingerprint density at radius 2 is 1.70 bits per heavy atom. The number of imide groups is 1. The van der Waals surface area contributed by atoms with Crippen LogP contribution in [0.1, 0.15) is 27.5 Å². The molecule has 0 aromatic heterocycles. The molecule has 0 spiro atoms. The number of carbonyl (C=O) groups excluding carboxylic acids is 3. The highest BCUT2D eigenvalue weighted by Crippen LogP contribution is 2.53. The largest absolute Gasteiger partial charge is 0.497 e. The molecule has 0 N–H and O–H groups in total. The number of fused-ring (bicyclic) bond motifs is 6. The first-order valence-corrected chi connectivity index (χ1v) is 11.9. The quantitative estimate of drug-likeness (QED) is 0.405. The Hall–Kier alpha value is -4.66. The number of amides is 2. The second-order valence-corrected chi connectivity index (χ2v) is 9.34. The summed E-state index contributed by atoms with van der Waals surface area (Å²) < 4.78 is 16.1. The van der Waals surface area contributed by atoms with Crippen molar-refractivity contribution >= 4 is 29.5 Å². The zero-order valence-electron chi connectivity index (χ0n) is 19.7. The van der Waals surface area contributed by atoms with Crippen LogP contribution in [0.2, 0.25) is 0 Å². The molecule has 9 heteroatoms. The summed E-state index contributed by atoms with van der Waals surface area (Å²) in [5.41, 5.74) is 2.54. The smallest absolute Gasteiger partial charge is 0.240 e. The van der Waals surface area contributed by atoms with E-state index in [4.69, 9.17) is 14.2 Å². The third kappa shape index (κ3) is 3.03. The fraction of sp³-hybridized carbons (Fsp3) is 0.214. The van der Waals surface area contributed by atoms with Crippen molar-refractivity contribution in [2.24, 2.45) is 16.9 Å². The number of hydrogen-bond acceptors (Lipinski definition) is 8. The number of hydrogen-bond donors (Lipinski definition) is 0. The molecule has 0 saturated carbocycles. The highest BCUT2D eigenvalue weighted by atomic mass is 16.7. The van der Waals surface area contributed by atoms with Crippen molar-refractivity contribution in [3.63, 3.8) is 0 Å². The van der Waals surface area contributed by atoms with Crippen LogP contribution in [0.5, 0.6) is 17.2 Å². The lowest BCUT2D eigenvalue weighted by atomic mass is 9.83. The van der Waals surface area contributed by atoms with Gasteiger partial charge >= 0.3 is 0 Å². The van der Waals surface area contributed by atoms with Gasteiger partial charge in [0.15, 0.2) is 17.3 Å². The van der Waals surface area contributed by atoms with Gasteiger partial charge in [-0.25, -0.2) is 4.90 Å². The summed E-state index contributed by atoms with van der Waals surface area (Å²) in [6.07, 6.45) is 1.69. The van der Waals surface area contributed by atoms with Crippen LogP contribution < -0.4 is 19.1 Å². The van der Waals surface area contributed by atoms with E-state index >= 15 is 0 Å². The minimum Gasteiger partial charge on any atom is -0.497 e. The molecule has 4 atom stereocenters. The molecule has 3 aromatic rings. The van der Waals surface area contributed by atoms with Gasteiger partial charge in [0.05, 0.1) is 36.9 Å². The third-order valence-corrected chi connectivity index (χ3v) is 7.55. The number of ketones is 1. The molecule has 37 heavy (non-hydrogen) atoms. The number of anilines is 1. The summed E-state index contributed by atoms with van der Waals surface area (Å²) in [6.45, 7) is 0.0796. The van der Waals surface area contributed by atoms with E-state index in [0.29, 0.717) is 28.5 Å². The number of rotatable bonds is 4. The molecule has 3 aromatic carbocycles. The Morgan fingerprint density at radius 3 is 2.51 bits per heavy atom. The number of ether oxygens (including phenoxy) is 3. The summed E-state index contributed by atoms with van der Waals surface area (Å²) in [5.74, 6) is -1.10. The average molecular weight is 495 g/mol. The first kappa shape index (κ1) is 21.6. The van der Waals surface area contributed by atoms with Gasteiger partial charge in [-0.05, 0) is 47.5 Å². The van der Waals surface area contributed by atoms with E-state index < -0.39 is 29.8 Å². The van der Waals surface area contributed by atoms with Gasteiger partial charge in [0.25, 0.3) is 0 Å². The topological polar surface area (TPSA) is 97.7 Å². The highest BCUT2D eigenvalue weighted by molar-refractivity contribution is 6.24. The molecule has 2 saturated heterocycles. The Bertz CT molecular complexity index is 1500. The second kappa shape index (κ2) is 7.92. The van der Waals surface area contributed by atoms with Crippen LogP contribution in [-0.4, -0.2) is 48.8 Å². The Labute approximate surface area is 211 Å². The van der Waals surface area contributed by atoms with E-state index in [0.717, 1.165) is 11.1 Å². The van der Waals surface area contributed by atoms with Gasteiger partial charge in [-0.2, -0.15) is 5.10 Å². The van der Waals surface area contributed by atoms with Gasteiger partial charge in [-0.15, -0.1) is 0 Å². The SMILES string of the molecule is COc1ccc(C(=O)[C@H]2[C@H]3C(=O)N(c4ccc5c(c4)OCO5)C(=O)[C@@H]3[C@H]3c4ccccc4C=NN32)cc1. The molecule has 4 aliphatic rings. The summed E-state index contributed by atoms with van der Waals surface area (Å²) in [7, 11) is 1.55. The molecule has 0 aliphatic carbocycles. The van der Waals surface area contributed by atoms with Crippen LogP contribution in [0.4, 0.5) is 5.69 Å². The number of benzene rings is 3. The minimum atomic E-state index is -0.941. The van der Waals surface area contributed by atoms with E-state index in [-0.39, 0.29) is 18.5 Å². The molecule has 4 heterocycles. The predicted molar refractivity (Wildman–Crippen MR) is 132 cm³/mol. The van der Waals surface area contributed by atoms with E-state index in [1.165, 1.54) is 4.90 Å². The van der Waals surface area contributed by atoms with Crippen molar-refractivity contribution in [3.8, 4) is 17.2 Å². The van der Waals surface area contributed by atoms with Gasteiger partial charge in [0.2, 0.25) is 18.6 Å². The molecule has 2 amide bonds. The maximum absolute atomic E-state index is 14.0. The fourth-order valence-electron chi connectivity index (χ4n) is 5.87. The molecule has 184 valence electrons. The summed E-state index contributed by atoms with van der Waals surface area (Å²) in [5, 5.41) is 6.24. The number of carbonyl (C=O) groups is 3. The third-order valence-electron chi connectivity index (χ3n) is 7.55. The number of hydrazone groups is 1. The lowest BCUT2D eigenvalue weighted by Crippen LogP contribution is -2.44. The number of nitrogens with zero attached hydrogens (tertiary/aromatic N) is 3. The number of Topliss-reactive ketones (excluding diaryl/α,β-unsaturated/α-hetero) is 1. The van der Waals surface area contributed by atoms with Crippen molar-refractivity contribution in [2.45, 2.75) is 12.1 Å². The molecule has 2 fully saturated rings. The Morgan fingerprint density at radius 1 is 0.946 bits per heavy atom. The molecule has 0 radical (unpaired) electrons. The molecule has 4 aliphatic heterocycles. The zero-order chi connectivity index (χ0) is 25.3. The van der Waals surface area contributed by atoms with Crippen LogP contribution in [0.25, 0.3) is 0 Å². The van der Waals surface area contributed by atoms with Crippen LogP contribution in [0.15, 0.2) is 71.8 Å². The normalized spacial score (nSPS) is 24.7.